The van der Waals surface area contributed by atoms with E-state index in [9.17, 15) is 10.1 Å². The zero-order valence-electron chi connectivity index (χ0n) is 12.9. The lowest BCUT2D eigenvalue weighted by atomic mass is 9.89. The van der Waals surface area contributed by atoms with Gasteiger partial charge < -0.3 is 15.2 Å². The molecule has 118 valence electrons. The van der Waals surface area contributed by atoms with Crippen LogP contribution in [0.3, 0.4) is 0 Å². The molecule has 0 spiro atoms. The van der Waals surface area contributed by atoms with Crippen LogP contribution in [0, 0.1) is 15.5 Å². The first-order chi connectivity index (χ1) is 9.88. The van der Waals surface area contributed by atoms with Gasteiger partial charge in [0.15, 0.2) is 0 Å². The number of benzene rings is 1. The quantitative estimate of drug-likeness (QED) is 0.540. The molecule has 0 aliphatic heterocycles. The van der Waals surface area contributed by atoms with Crippen LogP contribution in [0.2, 0.25) is 0 Å². The van der Waals surface area contributed by atoms with E-state index in [4.69, 9.17) is 9.84 Å². The second-order valence-electron chi connectivity index (χ2n) is 5.81. The molecule has 0 unspecified atom stereocenters. The highest BCUT2D eigenvalue weighted by Crippen LogP contribution is 2.28. The molecule has 0 fully saturated rings. The molecule has 1 rings (SSSR count). The summed E-state index contributed by atoms with van der Waals surface area (Å²) in [6.45, 7) is 7.30. The van der Waals surface area contributed by atoms with Gasteiger partial charge in [0.2, 0.25) is 0 Å². The Morgan fingerprint density at radius 2 is 2.10 bits per heavy atom. The number of anilines is 1. The topological polar surface area (TPSA) is 84.6 Å². The fraction of sp³-hybridized carbons (Fsp3) is 0.600. The van der Waals surface area contributed by atoms with Crippen LogP contribution >= 0.6 is 0 Å². The van der Waals surface area contributed by atoms with E-state index in [0.29, 0.717) is 31.0 Å². The van der Waals surface area contributed by atoms with E-state index in [1.807, 2.05) is 20.8 Å². The number of non-ortho nitro benzene ring substituents is 1. The van der Waals surface area contributed by atoms with Crippen molar-refractivity contribution in [2.24, 2.45) is 5.41 Å². The summed E-state index contributed by atoms with van der Waals surface area (Å²) in [5.74, 6) is 0.494. The van der Waals surface area contributed by atoms with Crippen molar-refractivity contribution in [2.45, 2.75) is 33.6 Å². The van der Waals surface area contributed by atoms with Crippen LogP contribution in [0.15, 0.2) is 18.2 Å². The highest BCUT2D eigenvalue weighted by atomic mass is 16.6. The maximum atomic E-state index is 11.0. The molecule has 0 bridgehead atoms. The summed E-state index contributed by atoms with van der Waals surface area (Å²) in [5.41, 5.74) is 0.566. The number of nitrogens with one attached hydrogen (secondary N) is 1. The molecule has 6 heteroatoms. The molecule has 0 aliphatic rings. The van der Waals surface area contributed by atoms with Gasteiger partial charge in [-0.25, -0.2) is 0 Å². The Hall–Kier alpha value is -1.82. The molecule has 2 N–H and O–H groups in total. The van der Waals surface area contributed by atoms with Gasteiger partial charge in [-0.05, 0) is 18.3 Å². The van der Waals surface area contributed by atoms with Gasteiger partial charge in [0.05, 0.1) is 17.6 Å². The minimum Gasteiger partial charge on any atom is -0.493 e. The largest absolute Gasteiger partial charge is 0.493 e. The van der Waals surface area contributed by atoms with Gasteiger partial charge in [0, 0.05) is 31.0 Å². The summed E-state index contributed by atoms with van der Waals surface area (Å²) in [6.07, 6.45) is 1.50. The van der Waals surface area contributed by atoms with Crippen molar-refractivity contribution >= 4 is 11.4 Å². The van der Waals surface area contributed by atoms with Gasteiger partial charge in [-0.3, -0.25) is 10.1 Å². The Morgan fingerprint density at radius 1 is 1.38 bits per heavy atom. The fourth-order valence-corrected chi connectivity index (χ4v) is 1.83. The third-order valence-electron chi connectivity index (χ3n) is 3.13. The van der Waals surface area contributed by atoms with Crippen LogP contribution in [0.25, 0.3) is 0 Å². The van der Waals surface area contributed by atoms with Crippen LogP contribution in [0.1, 0.15) is 33.6 Å². The van der Waals surface area contributed by atoms with E-state index in [1.54, 1.807) is 6.07 Å². The Morgan fingerprint density at radius 3 is 2.67 bits per heavy atom. The summed E-state index contributed by atoms with van der Waals surface area (Å²) < 4.78 is 5.48. The van der Waals surface area contributed by atoms with E-state index in [2.05, 4.69) is 5.32 Å². The summed E-state index contributed by atoms with van der Waals surface area (Å²) in [4.78, 5) is 10.5. The second-order valence-corrected chi connectivity index (χ2v) is 5.81. The van der Waals surface area contributed by atoms with Crippen LogP contribution < -0.4 is 10.1 Å². The number of nitro benzene ring substituents is 1. The summed E-state index contributed by atoms with van der Waals surface area (Å²) in [7, 11) is 0. The minimum atomic E-state index is -0.428. The van der Waals surface area contributed by atoms with Gasteiger partial charge in [-0.15, -0.1) is 0 Å². The van der Waals surface area contributed by atoms with Gasteiger partial charge in [-0.1, -0.05) is 20.8 Å². The molecule has 0 saturated heterocycles. The molecule has 0 atom stereocenters. The minimum absolute atomic E-state index is 0.00562. The maximum absolute atomic E-state index is 11.0. The van der Waals surface area contributed by atoms with Crippen molar-refractivity contribution in [1.29, 1.82) is 0 Å². The Labute approximate surface area is 125 Å². The summed E-state index contributed by atoms with van der Waals surface area (Å²) >= 11 is 0. The van der Waals surface area contributed by atoms with Crippen molar-refractivity contribution in [3.8, 4) is 5.75 Å². The zero-order valence-corrected chi connectivity index (χ0v) is 12.9. The number of nitro groups is 1. The normalized spacial score (nSPS) is 11.2. The highest BCUT2D eigenvalue weighted by molar-refractivity contribution is 5.56. The molecule has 0 aromatic heterocycles. The van der Waals surface area contributed by atoms with Gasteiger partial charge in [0.25, 0.3) is 5.69 Å². The van der Waals surface area contributed by atoms with Crippen molar-refractivity contribution in [3.05, 3.63) is 28.3 Å². The Kier molecular flexibility index (Phi) is 6.42. The number of aliphatic hydroxyl groups is 1. The molecular formula is C15H24N2O4. The van der Waals surface area contributed by atoms with Crippen LogP contribution in [0.4, 0.5) is 11.4 Å². The van der Waals surface area contributed by atoms with Gasteiger partial charge in [-0.2, -0.15) is 0 Å². The van der Waals surface area contributed by atoms with Crippen molar-refractivity contribution in [1.82, 2.24) is 0 Å². The second kappa shape index (κ2) is 7.83. The molecule has 0 saturated carbocycles. The van der Waals surface area contributed by atoms with Crippen molar-refractivity contribution < 1.29 is 14.8 Å². The Bertz CT molecular complexity index is 475. The third-order valence-corrected chi connectivity index (χ3v) is 3.13. The van der Waals surface area contributed by atoms with Gasteiger partial charge in [0.1, 0.15) is 5.75 Å². The number of rotatable bonds is 9. The number of aliphatic hydroxyl groups excluding tert-OH is 1. The molecule has 0 radical (unpaired) electrons. The lowest BCUT2D eigenvalue weighted by Crippen LogP contribution is -2.24. The molecule has 1 aromatic carbocycles. The predicted molar refractivity (Wildman–Crippen MR) is 82.9 cm³/mol. The predicted octanol–water partition coefficient (Wildman–Crippen LogP) is 3.20. The van der Waals surface area contributed by atoms with E-state index < -0.39 is 4.92 Å². The van der Waals surface area contributed by atoms with Crippen LogP contribution in [0.5, 0.6) is 5.75 Å². The fourth-order valence-electron chi connectivity index (χ4n) is 1.83. The van der Waals surface area contributed by atoms with Crippen LogP contribution in [-0.2, 0) is 0 Å². The van der Waals surface area contributed by atoms with Crippen molar-refractivity contribution in [3.63, 3.8) is 0 Å². The molecule has 0 heterocycles. The lowest BCUT2D eigenvalue weighted by Gasteiger charge is -2.24. The number of hydrogen-bond acceptors (Lipinski definition) is 5. The first kappa shape index (κ1) is 17.2. The molecule has 0 amide bonds. The first-order valence-electron chi connectivity index (χ1n) is 7.15. The molecule has 0 aliphatic carbocycles. The molecule has 21 heavy (non-hydrogen) atoms. The third kappa shape index (κ3) is 5.99. The SMILES string of the molecule is CCCOc1cc(NCC(C)(C)CCO)cc([N+](=O)[O-])c1. The van der Waals surface area contributed by atoms with E-state index >= 15 is 0 Å². The number of ether oxygens (including phenoxy) is 1. The highest BCUT2D eigenvalue weighted by Gasteiger charge is 2.18. The monoisotopic (exact) mass is 296 g/mol. The average molecular weight is 296 g/mol. The summed E-state index contributed by atoms with van der Waals surface area (Å²) in [5, 5.41) is 23.2. The van der Waals surface area contributed by atoms with E-state index in [-0.39, 0.29) is 17.7 Å². The lowest BCUT2D eigenvalue weighted by molar-refractivity contribution is -0.384. The van der Waals surface area contributed by atoms with Gasteiger partial charge >= 0.3 is 0 Å². The molecule has 6 nitrogen and oxygen atoms in total. The number of hydrogen-bond donors (Lipinski definition) is 2. The zero-order chi connectivity index (χ0) is 15.9. The number of nitrogens with zero attached hydrogens (tertiary/aromatic N) is 1. The van der Waals surface area contributed by atoms with E-state index in [1.165, 1.54) is 12.1 Å². The summed E-state index contributed by atoms with van der Waals surface area (Å²) in [6, 6.07) is 4.69. The molecular weight excluding hydrogens is 272 g/mol. The van der Waals surface area contributed by atoms with Crippen LogP contribution in [-0.4, -0.2) is 29.8 Å². The standard InChI is InChI=1S/C15H24N2O4/c1-4-7-21-14-9-12(8-13(10-14)17(19)20)16-11-15(2,3)5-6-18/h8-10,16,18H,4-7,11H2,1-3H3. The maximum Gasteiger partial charge on any atom is 0.275 e. The molecule has 1 aromatic rings. The van der Waals surface area contributed by atoms with E-state index in [0.717, 1.165) is 6.42 Å². The Balaban J connectivity index is 2.84. The smallest absolute Gasteiger partial charge is 0.275 e. The average Bonchev–Trinajstić information content (AvgIpc) is 2.43. The van der Waals surface area contributed by atoms with Crippen molar-refractivity contribution in [2.75, 3.05) is 25.1 Å². The first-order valence-corrected chi connectivity index (χ1v) is 7.15.